The lowest BCUT2D eigenvalue weighted by atomic mass is 10.0. The van der Waals surface area contributed by atoms with Gasteiger partial charge in [-0.3, -0.25) is 9.36 Å². The molecule has 0 aromatic rings. The Kier molecular flexibility index (Phi) is 51.0. The number of nitrogens with one attached hydrogen (secondary N) is 1. The van der Waals surface area contributed by atoms with Crippen molar-refractivity contribution in [3.63, 3.8) is 0 Å². The van der Waals surface area contributed by atoms with Crippen molar-refractivity contribution in [3.05, 3.63) is 134 Å². The summed E-state index contributed by atoms with van der Waals surface area (Å²) in [5, 5.41) is 13.8. The van der Waals surface area contributed by atoms with E-state index in [0.717, 1.165) is 109 Å². The minimum absolute atomic E-state index is 0.00783. The molecule has 0 aromatic heterocycles. The number of allylic oxidation sites excluding steroid dienone is 21. The van der Waals surface area contributed by atoms with Crippen LogP contribution in [0.2, 0.25) is 0 Å². The molecule has 0 aliphatic rings. The predicted octanol–water partition coefficient (Wildman–Crippen LogP) is 17.3. The number of phosphoric acid groups is 1. The van der Waals surface area contributed by atoms with Crippen LogP contribution in [-0.4, -0.2) is 68.5 Å². The number of rotatable bonds is 51. The van der Waals surface area contributed by atoms with Gasteiger partial charge in [-0.2, -0.15) is 0 Å². The van der Waals surface area contributed by atoms with Gasteiger partial charge in [0.25, 0.3) is 7.82 Å². The van der Waals surface area contributed by atoms with Crippen molar-refractivity contribution in [2.24, 2.45) is 0 Å². The summed E-state index contributed by atoms with van der Waals surface area (Å²) in [6.45, 7) is 4.48. The molecule has 0 saturated carbocycles. The summed E-state index contributed by atoms with van der Waals surface area (Å²) in [6, 6.07) is -0.895. The van der Waals surface area contributed by atoms with Crippen LogP contribution in [0, 0.1) is 0 Å². The highest BCUT2D eigenvalue weighted by atomic mass is 31.2. The lowest BCUT2D eigenvalue weighted by Gasteiger charge is -2.29. The average Bonchev–Trinajstić information content (AvgIpc) is 3.35. The first kappa shape index (κ1) is 69.6. The second-order valence-electron chi connectivity index (χ2n) is 20.3. The van der Waals surface area contributed by atoms with Crippen molar-refractivity contribution in [3.8, 4) is 0 Å². The van der Waals surface area contributed by atoms with E-state index in [9.17, 15) is 19.4 Å². The number of hydrogen-bond acceptors (Lipinski definition) is 6. The zero-order valence-electron chi connectivity index (χ0n) is 47.3. The molecule has 0 saturated heterocycles. The number of amides is 1. The summed E-state index contributed by atoms with van der Waals surface area (Å²) in [5.74, 6) is -0.210. The quantitative estimate of drug-likeness (QED) is 0.0272. The second kappa shape index (κ2) is 53.5. The molecule has 73 heavy (non-hydrogen) atoms. The standard InChI is InChI=1S/C64H109N2O6P/c1-6-8-10-12-14-16-18-19-20-21-22-23-24-25-26-27-28-29-30-31-32-33-34-35-36-37-38-39-40-41-42-43-44-45-46-47-48-50-52-54-56-58-64(68)65-62(61-72-73(69,70)71-60-59-66(3,4)5)63(67)57-55-53-51-49-17-15-13-11-9-7-2/h8,10,14,16,19-20,22-23,25-26,28-29,31-32,34-35,37-38,40-41,55,57,62-63,67H,6-7,9,11-13,15,17-18,21,24,27,30,33,36,39,42-54,56,58-61H2,1-5H3,(H-,65,68,69,70)/b10-8-,16-14-,20-19-,23-22-,26-25-,29-28-,32-31-,35-34-,38-37-,41-40-,57-55+. The molecule has 0 bridgehead atoms. The van der Waals surface area contributed by atoms with Crippen molar-refractivity contribution in [2.75, 3.05) is 40.9 Å². The highest BCUT2D eigenvalue weighted by molar-refractivity contribution is 7.45. The van der Waals surface area contributed by atoms with E-state index in [0.29, 0.717) is 17.4 Å². The third-order valence-electron chi connectivity index (χ3n) is 12.1. The van der Waals surface area contributed by atoms with E-state index in [1.165, 1.54) is 83.5 Å². The average molecular weight is 1030 g/mol. The molecule has 8 nitrogen and oxygen atoms in total. The molecule has 0 aromatic carbocycles. The Morgan fingerprint density at radius 3 is 1.22 bits per heavy atom. The highest BCUT2D eigenvalue weighted by Gasteiger charge is 2.23. The van der Waals surface area contributed by atoms with E-state index in [4.69, 9.17) is 9.05 Å². The van der Waals surface area contributed by atoms with Gasteiger partial charge in [0.05, 0.1) is 39.9 Å². The number of hydrogen-bond donors (Lipinski definition) is 2. The van der Waals surface area contributed by atoms with Crippen LogP contribution in [0.1, 0.15) is 213 Å². The summed E-state index contributed by atoms with van der Waals surface area (Å²) in [6.07, 6.45) is 81.1. The Balaban J connectivity index is 4.04. The molecule has 416 valence electrons. The van der Waals surface area contributed by atoms with Gasteiger partial charge in [-0.25, -0.2) is 0 Å². The number of nitrogens with zero attached hydrogens (tertiary/aromatic N) is 1. The largest absolute Gasteiger partial charge is 0.756 e. The number of carbonyl (C=O) groups is 1. The van der Waals surface area contributed by atoms with Gasteiger partial charge >= 0.3 is 0 Å². The summed E-state index contributed by atoms with van der Waals surface area (Å²) < 4.78 is 23.2. The van der Waals surface area contributed by atoms with Gasteiger partial charge in [-0.05, 0) is 96.3 Å². The van der Waals surface area contributed by atoms with Crippen LogP contribution >= 0.6 is 7.82 Å². The zero-order valence-corrected chi connectivity index (χ0v) is 48.2. The molecular weight excluding hydrogens is 924 g/mol. The molecule has 2 N–H and O–H groups in total. The van der Waals surface area contributed by atoms with Crippen molar-refractivity contribution < 1.29 is 32.9 Å². The second-order valence-corrected chi connectivity index (χ2v) is 21.7. The first-order valence-electron chi connectivity index (χ1n) is 29.0. The van der Waals surface area contributed by atoms with E-state index in [1.54, 1.807) is 6.08 Å². The van der Waals surface area contributed by atoms with Gasteiger partial charge in [0.1, 0.15) is 13.2 Å². The zero-order chi connectivity index (χ0) is 53.5. The van der Waals surface area contributed by atoms with Crippen molar-refractivity contribution >= 4 is 13.7 Å². The highest BCUT2D eigenvalue weighted by Crippen LogP contribution is 2.38. The molecule has 3 unspecified atom stereocenters. The molecule has 0 aliphatic heterocycles. The van der Waals surface area contributed by atoms with Gasteiger partial charge in [0.15, 0.2) is 0 Å². The summed E-state index contributed by atoms with van der Waals surface area (Å²) in [4.78, 5) is 25.4. The fourth-order valence-corrected chi connectivity index (χ4v) is 8.31. The normalized spacial score (nSPS) is 14.9. The van der Waals surface area contributed by atoms with Crippen molar-refractivity contribution in [1.29, 1.82) is 0 Å². The van der Waals surface area contributed by atoms with Crippen molar-refractivity contribution in [2.45, 2.75) is 225 Å². The molecule has 0 fully saturated rings. The Bertz CT molecular complexity index is 1640. The first-order valence-corrected chi connectivity index (χ1v) is 30.5. The number of phosphoric ester groups is 1. The Morgan fingerprint density at radius 1 is 0.493 bits per heavy atom. The molecule has 0 aliphatic carbocycles. The van der Waals surface area contributed by atoms with E-state index in [-0.39, 0.29) is 19.1 Å². The van der Waals surface area contributed by atoms with Gasteiger partial charge in [-0.1, -0.05) is 244 Å². The third kappa shape index (κ3) is 56.2. The molecule has 1 amide bonds. The monoisotopic (exact) mass is 1030 g/mol. The smallest absolute Gasteiger partial charge is 0.268 e. The molecular formula is C64H109N2O6P. The predicted molar refractivity (Wildman–Crippen MR) is 315 cm³/mol. The molecule has 0 rings (SSSR count). The van der Waals surface area contributed by atoms with Crippen LogP contribution < -0.4 is 10.2 Å². The third-order valence-corrected chi connectivity index (χ3v) is 13.1. The molecule has 3 atom stereocenters. The van der Waals surface area contributed by atoms with E-state index in [1.807, 2.05) is 27.2 Å². The van der Waals surface area contributed by atoms with Gasteiger partial charge in [-0.15, -0.1) is 0 Å². The summed E-state index contributed by atoms with van der Waals surface area (Å²) in [5.41, 5.74) is 0. The van der Waals surface area contributed by atoms with Gasteiger partial charge in [0.2, 0.25) is 5.91 Å². The van der Waals surface area contributed by atoms with Gasteiger partial charge in [0, 0.05) is 6.42 Å². The fraction of sp³-hybridized carbons (Fsp3) is 0.641. The number of likely N-dealkylation sites (N-methyl/N-ethyl adjacent to an activating group) is 1. The topological polar surface area (TPSA) is 108 Å². The van der Waals surface area contributed by atoms with Crippen LogP contribution in [-0.2, 0) is 18.4 Å². The van der Waals surface area contributed by atoms with Crippen LogP contribution in [0.5, 0.6) is 0 Å². The number of aliphatic hydroxyl groups excluding tert-OH is 1. The summed E-state index contributed by atoms with van der Waals surface area (Å²) >= 11 is 0. The molecule has 9 heteroatoms. The Morgan fingerprint density at radius 2 is 0.836 bits per heavy atom. The van der Waals surface area contributed by atoms with Gasteiger partial charge < -0.3 is 28.8 Å². The Hall–Kier alpha value is -3.36. The lowest BCUT2D eigenvalue weighted by molar-refractivity contribution is -0.870. The minimum Gasteiger partial charge on any atom is -0.756 e. The minimum atomic E-state index is -4.60. The fourth-order valence-electron chi connectivity index (χ4n) is 7.59. The number of aliphatic hydroxyl groups is 1. The van der Waals surface area contributed by atoms with Crippen LogP contribution in [0.3, 0.4) is 0 Å². The van der Waals surface area contributed by atoms with Crippen LogP contribution in [0.25, 0.3) is 0 Å². The van der Waals surface area contributed by atoms with E-state index >= 15 is 0 Å². The number of carbonyl (C=O) groups excluding carboxylic acids is 1. The van der Waals surface area contributed by atoms with E-state index < -0.39 is 20.0 Å². The maximum atomic E-state index is 12.9. The van der Waals surface area contributed by atoms with E-state index in [2.05, 4.69) is 141 Å². The maximum Gasteiger partial charge on any atom is 0.268 e. The number of unbranched alkanes of at least 4 members (excludes halogenated alkanes) is 18. The summed E-state index contributed by atoms with van der Waals surface area (Å²) in [7, 11) is 1.24. The molecule has 0 heterocycles. The maximum absolute atomic E-state index is 12.9. The number of quaternary nitrogens is 1. The van der Waals surface area contributed by atoms with Crippen LogP contribution in [0.4, 0.5) is 0 Å². The Labute approximate surface area is 449 Å². The molecule has 0 spiro atoms. The van der Waals surface area contributed by atoms with Crippen LogP contribution in [0.15, 0.2) is 134 Å². The lowest BCUT2D eigenvalue weighted by Crippen LogP contribution is -2.45. The molecule has 0 radical (unpaired) electrons. The van der Waals surface area contributed by atoms with Crippen molar-refractivity contribution in [1.82, 2.24) is 5.32 Å². The SMILES string of the molecule is CC/C=C\C/C=C\C/C=C\C/C=C\C/C=C\C/C=C\C/C=C\C/C=C\C/C=C\C/C=C\CCCCCCCCCCCCC(=O)NC(COP(=O)([O-])OCC[N+](C)(C)C)C(O)/C=C/CCCCCCCCCC. The first-order chi connectivity index (χ1) is 35.5.